The van der Waals surface area contributed by atoms with Crippen LogP contribution in [0.15, 0.2) is 41.3 Å². The van der Waals surface area contributed by atoms with E-state index in [1.54, 1.807) is 4.90 Å². The van der Waals surface area contributed by atoms with Crippen molar-refractivity contribution < 1.29 is 26.7 Å². The number of fused-ring (bicyclic) bond motifs is 1. The Bertz CT molecular complexity index is 1380. The summed E-state index contributed by atoms with van der Waals surface area (Å²) in [6.07, 6.45) is 2.35. The van der Waals surface area contributed by atoms with Gasteiger partial charge in [0, 0.05) is 31.7 Å². The molecule has 1 aromatic heterocycles. The minimum absolute atomic E-state index is 0.0658. The average molecular weight is 536 g/mol. The predicted octanol–water partition coefficient (Wildman–Crippen LogP) is 4.50. The molecule has 7 nitrogen and oxygen atoms in total. The Hall–Kier alpha value is -2.47. The lowest BCUT2D eigenvalue weighted by Crippen LogP contribution is -2.46. The van der Waals surface area contributed by atoms with Crippen LogP contribution in [0, 0.1) is 24.5 Å². The van der Waals surface area contributed by atoms with Gasteiger partial charge in [0.05, 0.1) is 22.9 Å². The third-order valence-electron chi connectivity index (χ3n) is 6.83. The highest BCUT2D eigenvalue weighted by molar-refractivity contribution is 7.89. The van der Waals surface area contributed by atoms with E-state index < -0.39 is 32.5 Å². The summed E-state index contributed by atoms with van der Waals surface area (Å²) in [5.74, 6) is -2.47. The molecule has 192 valence electrons. The Balaban J connectivity index is 1.35. The van der Waals surface area contributed by atoms with E-state index in [2.05, 4.69) is 0 Å². The van der Waals surface area contributed by atoms with E-state index in [0.29, 0.717) is 37.2 Å². The number of carbonyl (C=O) groups is 1. The number of rotatable bonds is 6. The van der Waals surface area contributed by atoms with E-state index in [9.17, 15) is 22.0 Å². The number of para-hydroxylation sites is 1. The molecule has 0 radical (unpaired) electrons. The van der Waals surface area contributed by atoms with Crippen LogP contribution in [0.2, 0.25) is 0 Å². The molecule has 2 aliphatic rings. The number of anilines is 1. The Kier molecular flexibility index (Phi) is 7.08. The lowest BCUT2D eigenvalue weighted by Gasteiger charge is -2.33. The van der Waals surface area contributed by atoms with Gasteiger partial charge in [-0.25, -0.2) is 22.2 Å². The molecule has 0 bridgehead atoms. The molecule has 0 saturated carbocycles. The molecule has 0 aliphatic carbocycles. The molecule has 1 unspecified atom stereocenters. The fourth-order valence-electron chi connectivity index (χ4n) is 4.83. The SMILES string of the molecule is Cc1cccc2sc(N(CC3CCCO3)C(=O)C3CCN(S(=O)(=O)c4ccc(F)cc4F)CC3)nc12. The predicted molar refractivity (Wildman–Crippen MR) is 134 cm³/mol. The summed E-state index contributed by atoms with van der Waals surface area (Å²) in [4.78, 5) is 19.7. The number of nitrogens with zero attached hydrogens (tertiary/aromatic N) is 3. The fraction of sp³-hybridized carbons (Fsp3) is 0.440. The number of sulfonamides is 1. The number of carbonyl (C=O) groups excluding carboxylic acids is 1. The van der Waals surface area contributed by atoms with Gasteiger partial charge in [0.1, 0.15) is 16.5 Å². The first kappa shape index (κ1) is 25.2. The Morgan fingerprint density at radius 2 is 1.97 bits per heavy atom. The van der Waals surface area contributed by atoms with Gasteiger partial charge in [-0.2, -0.15) is 4.31 Å². The minimum Gasteiger partial charge on any atom is -0.376 e. The smallest absolute Gasteiger partial charge is 0.245 e. The number of aromatic nitrogens is 1. The molecule has 3 aromatic rings. The van der Waals surface area contributed by atoms with E-state index in [4.69, 9.17) is 9.72 Å². The van der Waals surface area contributed by atoms with Crippen LogP contribution in [0.4, 0.5) is 13.9 Å². The molecule has 0 spiro atoms. The standard InChI is InChI=1S/C25H27F2N3O4S2/c1-16-4-2-6-21-23(16)28-25(35-21)30(15-19-5-3-13-34-19)24(31)17-9-11-29(12-10-17)36(32,33)22-8-7-18(26)14-20(22)27/h2,4,6-8,14,17,19H,3,5,9-13,15H2,1H3. The number of hydrogen-bond donors (Lipinski definition) is 0. The molecule has 2 aromatic carbocycles. The van der Waals surface area contributed by atoms with Crippen LogP contribution in [0.5, 0.6) is 0 Å². The van der Waals surface area contributed by atoms with Crippen molar-refractivity contribution in [3.8, 4) is 0 Å². The summed E-state index contributed by atoms with van der Waals surface area (Å²) >= 11 is 1.46. The van der Waals surface area contributed by atoms with Crippen molar-refractivity contribution in [3.05, 3.63) is 53.6 Å². The lowest BCUT2D eigenvalue weighted by atomic mass is 9.96. The van der Waals surface area contributed by atoms with Crippen molar-refractivity contribution in [2.24, 2.45) is 5.92 Å². The van der Waals surface area contributed by atoms with Crippen LogP contribution in [-0.4, -0.2) is 56.0 Å². The van der Waals surface area contributed by atoms with E-state index in [1.165, 1.54) is 15.6 Å². The molecule has 5 rings (SSSR count). The second-order valence-corrected chi connectivity index (χ2v) is 12.2. The van der Waals surface area contributed by atoms with E-state index in [0.717, 1.165) is 40.8 Å². The van der Waals surface area contributed by atoms with Crippen molar-refractivity contribution >= 4 is 42.6 Å². The van der Waals surface area contributed by atoms with Gasteiger partial charge in [0.15, 0.2) is 5.13 Å². The highest BCUT2D eigenvalue weighted by Crippen LogP contribution is 2.34. The molecule has 36 heavy (non-hydrogen) atoms. The largest absolute Gasteiger partial charge is 0.376 e. The van der Waals surface area contributed by atoms with Crippen LogP contribution in [0.3, 0.4) is 0 Å². The van der Waals surface area contributed by atoms with Crippen molar-refractivity contribution in [3.63, 3.8) is 0 Å². The van der Waals surface area contributed by atoms with Crippen molar-refractivity contribution in [1.29, 1.82) is 0 Å². The maximum Gasteiger partial charge on any atom is 0.245 e. The maximum atomic E-state index is 14.2. The maximum absolute atomic E-state index is 14.2. The summed E-state index contributed by atoms with van der Waals surface area (Å²) in [5, 5.41) is 0.614. The van der Waals surface area contributed by atoms with Crippen LogP contribution >= 0.6 is 11.3 Å². The van der Waals surface area contributed by atoms with E-state index in [1.807, 2.05) is 25.1 Å². The monoisotopic (exact) mass is 535 g/mol. The first-order chi connectivity index (χ1) is 17.2. The first-order valence-corrected chi connectivity index (χ1v) is 14.2. The molecule has 2 aliphatic heterocycles. The van der Waals surface area contributed by atoms with Crippen molar-refractivity contribution in [1.82, 2.24) is 9.29 Å². The second-order valence-electron chi connectivity index (χ2n) is 9.26. The van der Waals surface area contributed by atoms with Crippen LogP contribution in [0.1, 0.15) is 31.2 Å². The zero-order chi connectivity index (χ0) is 25.4. The quantitative estimate of drug-likeness (QED) is 0.465. The van der Waals surface area contributed by atoms with Crippen LogP contribution in [-0.2, 0) is 19.6 Å². The van der Waals surface area contributed by atoms with Crippen LogP contribution < -0.4 is 4.90 Å². The molecule has 3 heterocycles. The van der Waals surface area contributed by atoms with Crippen molar-refractivity contribution in [2.45, 2.75) is 43.6 Å². The summed E-state index contributed by atoms with van der Waals surface area (Å²) in [5.41, 5.74) is 1.90. The zero-order valence-corrected chi connectivity index (χ0v) is 21.5. The van der Waals surface area contributed by atoms with Gasteiger partial charge in [0.2, 0.25) is 15.9 Å². The van der Waals surface area contributed by atoms with Gasteiger partial charge in [-0.1, -0.05) is 23.5 Å². The Morgan fingerprint density at radius 1 is 1.19 bits per heavy atom. The number of ether oxygens (including phenoxy) is 1. The summed E-state index contributed by atoms with van der Waals surface area (Å²) < 4.78 is 61.3. The highest BCUT2D eigenvalue weighted by atomic mass is 32.2. The van der Waals surface area contributed by atoms with Crippen molar-refractivity contribution in [2.75, 3.05) is 31.1 Å². The highest BCUT2D eigenvalue weighted by Gasteiger charge is 2.37. The fourth-order valence-corrected chi connectivity index (χ4v) is 7.40. The van der Waals surface area contributed by atoms with Crippen LogP contribution in [0.25, 0.3) is 10.2 Å². The molecule has 1 atom stereocenters. The molecule has 2 fully saturated rings. The number of benzene rings is 2. The third-order valence-corrected chi connectivity index (χ3v) is 9.81. The van der Waals surface area contributed by atoms with E-state index >= 15 is 0 Å². The Labute approximate surface area is 212 Å². The molecule has 0 N–H and O–H groups in total. The van der Waals surface area contributed by atoms with E-state index in [-0.39, 0.29) is 25.1 Å². The number of thiazole rings is 1. The third kappa shape index (κ3) is 4.89. The lowest BCUT2D eigenvalue weighted by molar-refractivity contribution is -0.123. The summed E-state index contributed by atoms with van der Waals surface area (Å²) in [6.45, 7) is 3.20. The second kappa shape index (κ2) is 10.1. The molecule has 1 amide bonds. The first-order valence-electron chi connectivity index (χ1n) is 12.0. The molecular weight excluding hydrogens is 508 g/mol. The van der Waals surface area contributed by atoms with Gasteiger partial charge >= 0.3 is 0 Å². The zero-order valence-electron chi connectivity index (χ0n) is 19.8. The average Bonchev–Trinajstić information content (AvgIpc) is 3.52. The van der Waals surface area contributed by atoms with Gasteiger partial charge in [-0.05, 0) is 56.4 Å². The number of aryl methyl sites for hydroxylation is 1. The summed E-state index contributed by atoms with van der Waals surface area (Å²) in [6, 6.07) is 8.36. The van der Waals surface area contributed by atoms with Gasteiger partial charge in [-0.3, -0.25) is 9.69 Å². The summed E-state index contributed by atoms with van der Waals surface area (Å²) in [7, 11) is -4.14. The molecule has 11 heteroatoms. The topological polar surface area (TPSA) is 79.8 Å². The Morgan fingerprint density at radius 3 is 2.64 bits per heavy atom. The normalized spacial score (nSPS) is 19.7. The number of amides is 1. The molecule has 2 saturated heterocycles. The van der Waals surface area contributed by atoms with Gasteiger partial charge < -0.3 is 4.74 Å². The number of hydrogen-bond acceptors (Lipinski definition) is 6. The minimum atomic E-state index is -4.14. The van der Waals surface area contributed by atoms with Gasteiger partial charge in [0.25, 0.3) is 0 Å². The molecular formula is C25H27F2N3O4S2. The number of piperidine rings is 1. The van der Waals surface area contributed by atoms with Gasteiger partial charge in [-0.15, -0.1) is 0 Å². The number of halogens is 2.